The summed E-state index contributed by atoms with van der Waals surface area (Å²) >= 11 is 0. The Kier molecular flexibility index (Phi) is 30.6. The predicted octanol–water partition coefficient (Wildman–Crippen LogP) is 19.3. The number of nitrogens with one attached hydrogen (secondary N) is 8. The summed E-state index contributed by atoms with van der Waals surface area (Å²) < 4.78 is 101. The third-order valence-corrected chi connectivity index (χ3v) is 20.6. The molecule has 16 rings (SSSR count). The van der Waals surface area contributed by atoms with E-state index >= 15 is 0 Å². The predicted molar refractivity (Wildman–Crippen MR) is 495 cm³/mol. The van der Waals surface area contributed by atoms with Crippen LogP contribution in [0.1, 0.15) is 109 Å². The van der Waals surface area contributed by atoms with Crippen molar-refractivity contribution in [3.8, 4) is 51.7 Å². The Morgan fingerprint density at radius 2 is 0.592 bits per heavy atom. The van der Waals surface area contributed by atoms with Crippen LogP contribution in [0.4, 0.5) is 17.6 Å². The van der Waals surface area contributed by atoms with Crippen LogP contribution in [0.15, 0.2) is 237 Å². The maximum absolute atomic E-state index is 13.2. The molecule has 0 saturated heterocycles. The van der Waals surface area contributed by atoms with E-state index in [2.05, 4.69) is 62.1 Å². The summed E-state index contributed by atoms with van der Waals surface area (Å²) in [6, 6.07) is 66.4. The molecule has 0 spiro atoms. The molecule has 0 fully saturated rings. The standard InChI is InChI=1S/C26H24FN3O4.3C25H22FN3O3/c1-32-22-13-7-17(14-23(22)33-2)15-28-26(31)19-10-12-21-24(25(19)34-3)20(29-30-21)11-6-16-4-8-18(27)9-5-16;1-31-19-10-5-17(6-11-19)15-27-25(30)20-12-14-22-23(24(20)32-2)21(28-29-22)13-7-16-3-8-18(26)9-4-16;1-31-19-5-3-4-17(14-19)15-27-25(30)20-11-13-22-23(24(20)32-2)21(28-29-22)12-8-16-6-9-18(26)10-7-16;1-31-22-6-4-3-5-17(22)15-27-25(30)19-12-14-21-23(24(19)32-2)20(28-29-21)13-9-16-7-10-18(26)11-8-16/h4-14H,15H2,1-3H3,(H,28,31)(H,29,30);3*3-14H,15H2,1-2H3,(H,27,30)(H,28,29)/b11-6+;13-7+;12-8+;13-9+. The minimum absolute atomic E-state index is 0.255. The van der Waals surface area contributed by atoms with Gasteiger partial charge in [0.2, 0.25) is 0 Å². The molecule has 12 aromatic carbocycles. The van der Waals surface area contributed by atoms with Gasteiger partial charge in [0, 0.05) is 31.7 Å². The number of aromatic amines is 4. The molecule has 0 atom stereocenters. The van der Waals surface area contributed by atoms with Crippen LogP contribution < -0.4 is 63.9 Å². The van der Waals surface area contributed by atoms with Crippen molar-refractivity contribution in [1.29, 1.82) is 0 Å². The number of amides is 4. The number of halogens is 4. The second kappa shape index (κ2) is 43.7. The lowest BCUT2D eigenvalue weighted by Gasteiger charge is -2.12. The Morgan fingerprint density at radius 1 is 0.277 bits per heavy atom. The van der Waals surface area contributed by atoms with Gasteiger partial charge in [0.05, 0.1) is 153 Å². The number of methoxy groups -OCH3 is 9. The number of hydrogen-bond donors (Lipinski definition) is 8. The van der Waals surface area contributed by atoms with Gasteiger partial charge in [-0.05, 0) is 203 Å². The maximum Gasteiger partial charge on any atom is 0.255 e. The average Bonchev–Trinajstić information content (AvgIpc) is 1.71. The van der Waals surface area contributed by atoms with Crippen LogP contribution >= 0.6 is 0 Å². The summed E-state index contributed by atoms with van der Waals surface area (Å²) in [6.45, 7) is 1.32. The lowest BCUT2D eigenvalue weighted by molar-refractivity contribution is 0.0939. The third kappa shape index (κ3) is 22.5. The highest BCUT2D eigenvalue weighted by atomic mass is 19.1. The third-order valence-electron chi connectivity index (χ3n) is 20.6. The zero-order chi connectivity index (χ0) is 91.6. The van der Waals surface area contributed by atoms with Crippen molar-refractivity contribution in [3.05, 3.63) is 349 Å². The second-order valence-electron chi connectivity index (χ2n) is 28.7. The van der Waals surface area contributed by atoms with Gasteiger partial charge >= 0.3 is 0 Å². The zero-order valence-corrected chi connectivity index (χ0v) is 72.1. The van der Waals surface area contributed by atoms with E-state index in [1.165, 1.54) is 77.0 Å². The van der Waals surface area contributed by atoms with Gasteiger partial charge in [-0.2, -0.15) is 20.4 Å². The van der Waals surface area contributed by atoms with E-state index in [1.54, 1.807) is 139 Å². The largest absolute Gasteiger partial charge is 0.497 e. The van der Waals surface area contributed by atoms with Gasteiger partial charge in [-0.3, -0.25) is 39.6 Å². The van der Waals surface area contributed by atoms with E-state index in [9.17, 15) is 36.7 Å². The molecule has 8 N–H and O–H groups in total. The fourth-order valence-electron chi connectivity index (χ4n) is 13.9. The Balaban J connectivity index is 0.000000148. The molecular weight excluding hydrogens is 1670 g/mol. The average molecular weight is 1760 g/mol. The van der Waals surface area contributed by atoms with Crippen LogP contribution in [0, 0.1) is 23.3 Å². The van der Waals surface area contributed by atoms with Crippen molar-refractivity contribution >= 4 is 116 Å². The number of aromatic nitrogens is 8. The zero-order valence-electron chi connectivity index (χ0n) is 72.1. The Morgan fingerprint density at radius 3 is 0.923 bits per heavy atom. The molecule has 0 aliphatic carbocycles. The first-order valence-electron chi connectivity index (χ1n) is 40.5. The number of para-hydroxylation sites is 1. The van der Waals surface area contributed by atoms with Gasteiger partial charge in [0.15, 0.2) is 11.5 Å². The summed E-state index contributed by atoms with van der Waals surface area (Å²) in [4.78, 5) is 51.8. The Labute approximate surface area is 744 Å². The van der Waals surface area contributed by atoms with Crippen LogP contribution in [0.3, 0.4) is 0 Å². The second-order valence-corrected chi connectivity index (χ2v) is 28.7. The van der Waals surface area contributed by atoms with Crippen LogP contribution in [0.5, 0.6) is 51.7 Å². The minimum Gasteiger partial charge on any atom is -0.497 e. The quantitative estimate of drug-likeness (QED) is 0.0202. The van der Waals surface area contributed by atoms with Gasteiger partial charge in [-0.25, -0.2) is 17.6 Å². The molecule has 16 aromatic rings. The van der Waals surface area contributed by atoms with Crippen molar-refractivity contribution in [2.75, 3.05) is 64.0 Å². The summed E-state index contributed by atoms with van der Waals surface area (Å²) in [6.07, 6.45) is 14.6. The maximum atomic E-state index is 13.2. The first kappa shape index (κ1) is 91.0. The monoisotopic (exact) mass is 1750 g/mol. The van der Waals surface area contributed by atoms with Crippen LogP contribution in [0.25, 0.3) is 92.2 Å². The smallest absolute Gasteiger partial charge is 0.255 e. The number of carbonyl (C=O) groups excluding carboxylic acids is 4. The number of fused-ring (bicyclic) bond motifs is 4. The van der Waals surface area contributed by atoms with Gasteiger partial charge in [-0.1, -0.05) is 121 Å². The molecule has 0 saturated carbocycles. The highest BCUT2D eigenvalue weighted by Gasteiger charge is 2.25. The molecule has 25 nitrogen and oxygen atoms in total. The number of nitrogens with zero attached hydrogens (tertiary/aromatic N) is 4. The van der Waals surface area contributed by atoms with Gasteiger partial charge < -0.3 is 63.9 Å². The molecule has 0 aliphatic heterocycles. The van der Waals surface area contributed by atoms with E-state index in [4.69, 9.17) is 42.6 Å². The van der Waals surface area contributed by atoms with Crippen LogP contribution in [-0.2, 0) is 26.2 Å². The Hall–Kier alpha value is -16.7. The number of H-pyrrole nitrogens is 4. The summed E-state index contributed by atoms with van der Waals surface area (Å²) in [5.74, 6) is 2.84. The molecule has 0 unspecified atom stereocenters. The molecule has 0 aliphatic rings. The highest BCUT2D eigenvalue weighted by Crippen LogP contribution is 2.38. The molecule has 4 heterocycles. The lowest BCUT2D eigenvalue weighted by Crippen LogP contribution is -2.23. The van der Waals surface area contributed by atoms with E-state index in [0.29, 0.717) is 155 Å². The van der Waals surface area contributed by atoms with Crippen molar-refractivity contribution in [3.63, 3.8) is 0 Å². The molecule has 0 radical (unpaired) electrons. The summed E-state index contributed by atoms with van der Waals surface area (Å²) in [5, 5.41) is 43.6. The van der Waals surface area contributed by atoms with Crippen molar-refractivity contribution in [1.82, 2.24) is 62.1 Å². The number of carbonyl (C=O) groups is 4. The fraction of sp³-hybridized carbons (Fsp3) is 0.129. The lowest BCUT2D eigenvalue weighted by atomic mass is 10.1. The minimum atomic E-state index is -0.297. The van der Waals surface area contributed by atoms with Gasteiger partial charge in [0.25, 0.3) is 23.6 Å². The topological polar surface area (TPSA) is 314 Å². The van der Waals surface area contributed by atoms with Crippen molar-refractivity contribution in [2.24, 2.45) is 0 Å². The van der Waals surface area contributed by atoms with Crippen LogP contribution in [0.2, 0.25) is 0 Å². The molecule has 4 aromatic heterocycles. The van der Waals surface area contributed by atoms with Crippen molar-refractivity contribution < 1.29 is 79.4 Å². The Bertz CT molecular complexity index is 6790. The van der Waals surface area contributed by atoms with Gasteiger partial charge in [-0.15, -0.1) is 0 Å². The molecular formula is C101H90F4N12O13. The molecule has 29 heteroatoms. The van der Waals surface area contributed by atoms with Crippen LogP contribution in [-0.4, -0.2) is 128 Å². The number of hydrogen-bond acceptors (Lipinski definition) is 17. The normalized spacial score (nSPS) is 11.1. The molecule has 0 bridgehead atoms. The SMILES string of the molecule is COc1ccc(CNC(=O)c2ccc3n[nH]c(/C=C/c4ccc(F)cc4)c3c2OC)cc1.COc1ccc(CNC(=O)c2ccc3n[nH]c(/C=C/c4ccc(F)cc4)c3c2OC)cc1OC.COc1cccc(CNC(=O)c2ccc3n[nH]c(/C=C/c4ccc(F)cc4)c3c2OC)c1.COc1ccccc1CNC(=O)c1ccc2n[nH]c(/C=C/c3ccc(F)cc3)c2c1OC. The first-order chi connectivity index (χ1) is 63.3. The number of ether oxygens (including phenoxy) is 9. The fourth-order valence-corrected chi connectivity index (χ4v) is 13.9. The molecule has 130 heavy (non-hydrogen) atoms. The highest BCUT2D eigenvalue weighted by molar-refractivity contribution is 6.09. The first-order valence-corrected chi connectivity index (χ1v) is 40.5. The summed E-state index contributed by atoms with van der Waals surface area (Å²) in [5.41, 5.74) is 13.9. The van der Waals surface area contributed by atoms with E-state index in [-0.39, 0.29) is 46.9 Å². The summed E-state index contributed by atoms with van der Waals surface area (Å²) in [7, 11) is 14.0. The number of benzene rings is 12. The van der Waals surface area contributed by atoms with E-state index in [1.807, 2.05) is 134 Å². The number of rotatable bonds is 29. The molecule has 4 amide bonds. The van der Waals surface area contributed by atoms with Gasteiger partial charge in [0.1, 0.15) is 63.5 Å². The van der Waals surface area contributed by atoms with E-state index in [0.717, 1.165) is 56.0 Å². The molecule has 660 valence electrons. The van der Waals surface area contributed by atoms with E-state index < -0.39 is 0 Å². The van der Waals surface area contributed by atoms with Crippen molar-refractivity contribution in [2.45, 2.75) is 26.2 Å².